The van der Waals surface area contributed by atoms with E-state index in [1.165, 1.54) is 29.9 Å². The lowest BCUT2D eigenvalue weighted by molar-refractivity contribution is 0.273. The van der Waals surface area contributed by atoms with Gasteiger partial charge < -0.3 is 9.88 Å². The van der Waals surface area contributed by atoms with Gasteiger partial charge in [0, 0.05) is 19.6 Å². The van der Waals surface area contributed by atoms with Crippen molar-refractivity contribution in [2.45, 2.75) is 39.8 Å². The average molecular weight is 286 g/mol. The summed E-state index contributed by atoms with van der Waals surface area (Å²) in [5.74, 6) is 1.22. The molecule has 0 amide bonds. The highest BCUT2D eigenvalue weighted by atomic mass is 15.2. The van der Waals surface area contributed by atoms with Crippen molar-refractivity contribution in [1.82, 2.24) is 19.8 Å². The summed E-state index contributed by atoms with van der Waals surface area (Å²) in [7, 11) is 0. The number of hydrogen-bond acceptors (Lipinski definition) is 3. The Bertz CT molecular complexity index is 594. The number of hydrogen-bond donors (Lipinski definition) is 1. The van der Waals surface area contributed by atoms with Gasteiger partial charge in [0.05, 0.1) is 17.6 Å². The van der Waals surface area contributed by atoms with E-state index in [1.54, 1.807) is 0 Å². The van der Waals surface area contributed by atoms with E-state index >= 15 is 0 Å². The second-order valence-electron chi connectivity index (χ2n) is 6.05. The van der Waals surface area contributed by atoms with Gasteiger partial charge in [0.15, 0.2) is 0 Å². The number of aromatic nitrogens is 2. The second-order valence-corrected chi connectivity index (χ2v) is 6.05. The summed E-state index contributed by atoms with van der Waals surface area (Å²) in [5.41, 5.74) is 3.71. The van der Waals surface area contributed by atoms with Crippen molar-refractivity contribution in [1.29, 1.82) is 0 Å². The number of fused-ring (bicyclic) bond motifs is 1. The zero-order valence-electron chi connectivity index (χ0n) is 13.2. The van der Waals surface area contributed by atoms with Crippen LogP contribution in [0.3, 0.4) is 0 Å². The van der Waals surface area contributed by atoms with E-state index in [0.29, 0.717) is 0 Å². The molecule has 4 nitrogen and oxygen atoms in total. The summed E-state index contributed by atoms with van der Waals surface area (Å²) in [6.07, 6.45) is 2.38. The van der Waals surface area contributed by atoms with Crippen LogP contribution in [0, 0.1) is 6.92 Å². The molecule has 1 saturated heterocycles. The van der Waals surface area contributed by atoms with Gasteiger partial charge in [-0.2, -0.15) is 0 Å². The molecule has 0 bridgehead atoms. The fourth-order valence-electron chi connectivity index (χ4n) is 3.14. The molecule has 0 spiro atoms. The maximum Gasteiger partial charge on any atom is 0.124 e. The maximum absolute atomic E-state index is 4.92. The van der Waals surface area contributed by atoms with Crippen molar-refractivity contribution in [3.63, 3.8) is 0 Å². The number of nitrogens with zero attached hydrogens (tertiary/aromatic N) is 3. The molecule has 0 saturated carbocycles. The van der Waals surface area contributed by atoms with Gasteiger partial charge in [-0.3, -0.25) is 4.90 Å². The normalized spacial score (nSPS) is 17.2. The van der Waals surface area contributed by atoms with Crippen LogP contribution >= 0.6 is 0 Å². The van der Waals surface area contributed by atoms with Gasteiger partial charge in [-0.25, -0.2) is 4.98 Å². The molecule has 1 fully saturated rings. The van der Waals surface area contributed by atoms with Crippen LogP contribution in [-0.4, -0.2) is 40.6 Å². The molecule has 1 N–H and O–H groups in total. The van der Waals surface area contributed by atoms with Crippen LogP contribution in [0.1, 0.15) is 31.2 Å². The minimum atomic E-state index is 0.968. The Morgan fingerprint density at radius 3 is 3.00 bits per heavy atom. The third-order valence-electron chi connectivity index (χ3n) is 4.23. The van der Waals surface area contributed by atoms with Crippen LogP contribution in [0.2, 0.25) is 0 Å². The molecule has 2 heterocycles. The van der Waals surface area contributed by atoms with E-state index in [9.17, 15) is 0 Å². The molecule has 114 valence electrons. The van der Waals surface area contributed by atoms with Gasteiger partial charge in [0.2, 0.25) is 0 Å². The molecule has 4 heteroatoms. The summed E-state index contributed by atoms with van der Waals surface area (Å²) < 4.78 is 2.41. The fraction of sp³-hybridized carbons (Fsp3) is 0.588. The first-order valence-corrected chi connectivity index (χ1v) is 8.17. The van der Waals surface area contributed by atoms with Crippen LogP contribution in [0.25, 0.3) is 11.0 Å². The van der Waals surface area contributed by atoms with Gasteiger partial charge in [-0.05, 0) is 50.6 Å². The minimum absolute atomic E-state index is 0.968. The topological polar surface area (TPSA) is 33.1 Å². The number of benzene rings is 1. The molecular weight excluding hydrogens is 260 g/mol. The van der Waals surface area contributed by atoms with E-state index in [1.807, 2.05) is 0 Å². The third kappa shape index (κ3) is 3.27. The van der Waals surface area contributed by atoms with Gasteiger partial charge in [0.25, 0.3) is 0 Å². The summed E-state index contributed by atoms with van der Waals surface area (Å²) in [6, 6.07) is 6.62. The van der Waals surface area contributed by atoms with Crippen LogP contribution in [0.5, 0.6) is 0 Å². The van der Waals surface area contributed by atoms with Crippen LogP contribution in [-0.2, 0) is 13.1 Å². The highest BCUT2D eigenvalue weighted by molar-refractivity contribution is 5.76. The van der Waals surface area contributed by atoms with Crippen molar-refractivity contribution < 1.29 is 0 Å². The van der Waals surface area contributed by atoms with Gasteiger partial charge in [0.1, 0.15) is 5.82 Å². The maximum atomic E-state index is 4.92. The van der Waals surface area contributed by atoms with Gasteiger partial charge in [-0.15, -0.1) is 0 Å². The second kappa shape index (κ2) is 6.58. The highest BCUT2D eigenvalue weighted by Crippen LogP contribution is 2.19. The quantitative estimate of drug-likeness (QED) is 0.937. The van der Waals surface area contributed by atoms with E-state index in [0.717, 1.165) is 44.7 Å². The van der Waals surface area contributed by atoms with E-state index in [-0.39, 0.29) is 0 Å². The standard InChI is InChI=1S/C17H26N4/c1-3-9-21-16-6-5-14(2)12-15(16)19-17(21)13-20-10-4-7-18-8-11-20/h5-6,12,18H,3-4,7-11,13H2,1-2H3. The third-order valence-corrected chi connectivity index (χ3v) is 4.23. The summed E-state index contributed by atoms with van der Waals surface area (Å²) >= 11 is 0. The Hall–Kier alpha value is -1.39. The summed E-state index contributed by atoms with van der Waals surface area (Å²) in [4.78, 5) is 7.45. The molecule has 21 heavy (non-hydrogen) atoms. The number of imidazole rings is 1. The van der Waals surface area contributed by atoms with Crippen LogP contribution < -0.4 is 5.32 Å². The predicted molar refractivity (Wildman–Crippen MR) is 87.5 cm³/mol. The smallest absolute Gasteiger partial charge is 0.124 e. The predicted octanol–water partition coefficient (Wildman–Crippen LogP) is 2.55. The minimum Gasteiger partial charge on any atom is -0.327 e. The first-order valence-electron chi connectivity index (χ1n) is 8.17. The first kappa shape index (κ1) is 14.5. The molecule has 0 aliphatic carbocycles. The lowest BCUT2D eigenvalue weighted by Crippen LogP contribution is -2.29. The Kier molecular flexibility index (Phi) is 4.56. The molecular formula is C17H26N4. The first-order chi connectivity index (χ1) is 10.3. The summed E-state index contributed by atoms with van der Waals surface area (Å²) in [5, 5.41) is 3.47. The van der Waals surface area contributed by atoms with Crippen molar-refractivity contribution in [2.24, 2.45) is 0 Å². The molecule has 0 unspecified atom stereocenters. The number of aryl methyl sites for hydroxylation is 2. The zero-order chi connectivity index (χ0) is 14.7. The molecule has 1 aliphatic rings. The SMILES string of the molecule is CCCn1c(CN2CCCNCC2)nc2cc(C)ccc21. The lowest BCUT2D eigenvalue weighted by Gasteiger charge is -2.19. The Morgan fingerprint density at radius 2 is 2.14 bits per heavy atom. The van der Waals surface area contributed by atoms with Gasteiger partial charge >= 0.3 is 0 Å². The molecule has 1 aromatic heterocycles. The molecule has 1 aromatic carbocycles. The van der Waals surface area contributed by atoms with Crippen molar-refractivity contribution in [2.75, 3.05) is 26.2 Å². The molecule has 3 rings (SSSR count). The van der Waals surface area contributed by atoms with E-state index in [4.69, 9.17) is 4.98 Å². The largest absolute Gasteiger partial charge is 0.327 e. The number of rotatable bonds is 4. The monoisotopic (exact) mass is 286 g/mol. The van der Waals surface area contributed by atoms with Crippen molar-refractivity contribution in [3.05, 3.63) is 29.6 Å². The van der Waals surface area contributed by atoms with Crippen molar-refractivity contribution >= 4 is 11.0 Å². The molecule has 0 atom stereocenters. The zero-order valence-corrected chi connectivity index (χ0v) is 13.2. The summed E-state index contributed by atoms with van der Waals surface area (Å²) in [6.45, 7) is 10.9. The molecule has 2 aromatic rings. The Balaban J connectivity index is 1.90. The molecule has 1 aliphatic heterocycles. The van der Waals surface area contributed by atoms with Crippen LogP contribution in [0.15, 0.2) is 18.2 Å². The Morgan fingerprint density at radius 1 is 1.24 bits per heavy atom. The molecule has 0 radical (unpaired) electrons. The lowest BCUT2D eigenvalue weighted by atomic mass is 10.2. The van der Waals surface area contributed by atoms with E-state index < -0.39 is 0 Å². The van der Waals surface area contributed by atoms with E-state index in [2.05, 4.69) is 46.8 Å². The fourth-order valence-corrected chi connectivity index (χ4v) is 3.14. The van der Waals surface area contributed by atoms with Crippen molar-refractivity contribution in [3.8, 4) is 0 Å². The van der Waals surface area contributed by atoms with Gasteiger partial charge in [-0.1, -0.05) is 13.0 Å². The van der Waals surface area contributed by atoms with Crippen LogP contribution in [0.4, 0.5) is 0 Å². The number of nitrogens with one attached hydrogen (secondary N) is 1. The Labute approximate surface area is 127 Å². The highest BCUT2D eigenvalue weighted by Gasteiger charge is 2.15. The average Bonchev–Trinajstić information content (AvgIpc) is 2.65.